The minimum atomic E-state index is -0.669. The smallest absolute Gasteiger partial charge is 0.0718 e. The third-order valence-corrected chi connectivity index (χ3v) is 2.96. The summed E-state index contributed by atoms with van der Waals surface area (Å²) in [5.74, 6) is 0. The van der Waals surface area contributed by atoms with Crippen LogP contribution in [0.3, 0.4) is 0 Å². The number of nitrogens with two attached hydrogens (primary N) is 1. The van der Waals surface area contributed by atoms with Gasteiger partial charge in [0.15, 0.2) is 0 Å². The van der Waals surface area contributed by atoms with Gasteiger partial charge >= 0.3 is 0 Å². The van der Waals surface area contributed by atoms with E-state index in [0.29, 0.717) is 6.54 Å². The van der Waals surface area contributed by atoms with Gasteiger partial charge in [-0.3, -0.25) is 4.90 Å². The van der Waals surface area contributed by atoms with Crippen molar-refractivity contribution in [3.8, 4) is 0 Å². The first-order valence-electron chi connectivity index (χ1n) is 6.15. The summed E-state index contributed by atoms with van der Waals surface area (Å²) in [7, 11) is 0. The molecule has 3 heteroatoms. The highest BCUT2D eigenvalue weighted by Crippen LogP contribution is 2.22. The Kier molecular flexibility index (Phi) is 4.54. The molecule has 0 saturated carbocycles. The molecule has 0 radical (unpaired) electrons. The maximum Gasteiger partial charge on any atom is 0.0718 e. The number of benzene rings is 1. The van der Waals surface area contributed by atoms with Crippen LogP contribution >= 0.6 is 0 Å². The van der Waals surface area contributed by atoms with Gasteiger partial charge in [-0.05, 0) is 45.0 Å². The lowest BCUT2D eigenvalue weighted by molar-refractivity contribution is 0.0249. The molecule has 0 saturated heterocycles. The van der Waals surface area contributed by atoms with Crippen molar-refractivity contribution >= 4 is 5.69 Å². The molecule has 17 heavy (non-hydrogen) atoms. The number of rotatable bonds is 5. The Morgan fingerprint density at radius 2 is 1.82 bits per heavy atom. The number of nitrogens with zero attached hydrogens (tertiary/aromatic N) is 1. The number of hydrogen-bond donors (Lipinski definition) is 2. The van der Waals surface area contributed by atoms with Crippen molar-refractivity contribution in [2.75, 3.05) is 18.8 Å². The summed E-state index contributed by atoms with van der Waals surface area (Å²) in [5.41, 5.74) is 7.03. The summed E-state index contributed by atoms with van der Waals surface area (Å²) in [5, 5.41) is 9.90. The normalized spacial score (nSPS) is 14.0. The van der Waals surface area contributed by atoms with E-state index in [-0.39, 0.29) is 6.04 Å². The van der Waals surface area contributed by atoms with Crippen LogP contribution in [0, 0.1) is 0 Å². The van der Waals surface area contributed by atoms with Gasteiger partial charge in [0.25, 0.3) is 0 Å². The predicted molar refractivity (Wildman–Crippen MR) is 72.8 cm³/mol. The lowest BCUT2D eigenvalue weighted by Gasteiger charge is -2.33. The van der Waals surface area contributed by atoms with Gasteiger partial charge in [-0.2, -0.15) is 0 Å². The van der Waals surface area contributed by atoms with Gasteiger partial charge in [0.1, 0.15) is 0 Å². The van der Waals surface area contributed by atoms with Gasteiger partial charge in [-0.15, -0.1) is 0 Å². The van der Waals surface area contributed by atoms with Crippen molar-refractivity contribution in [2.45, 2.75) is 39.3 Å². The van der Waals surface area contributed by atoms with Crippen LogP contribution < -0.4 is 5.73 Å². The van der Waals surface area contributed by atoms with Crippen molar-refractivity contribution < 1.29 is 5.11 Å². The predicted octanol–water partition coefficient (Wildman–Crippen LogP) is 2.42. The van der Waals surface area contributed by atoms with E-state index >= 15 is 0 Å². The van der Waals surface area contributed by atoms with Gasteiger partial charge in [0.05, 0.1) is 5.60 Å². The van der Waals surface area contributed by atoms with Crippen molar-refractivity contribution in [1.82, 2.24) is 4.90 Å². The summed E-state index contributed by atoms with van der Waals surface area (Å²) in [6, 6.07) is 8.22. The highest BCUT2D eigenvalue weighted by atomic mass is 16.3. The Bertz CT molecular complexity index is 340. The van der Waals surface area contributed by atoms with E-state index in [2.05, 4.69) is 18.7 Å². The first-order chi connectivity index (χ1) is 7.83. The van der Waals surface area contributed by atoms with E-state index in [1.807, 2.05) is 38.1 Å². The van der Waals surface area contributed by atoms with E-state index in [0.717, 1.165) is 12.2 Å². The zero-order chi connectivity index (χ0) is 13.1. The van der Waals surface area contributed by atoms with Crippen LogP contribution in [0.2, 0.25) is 0 Å². The molecule has 0 fully saturated rings. The molecule has 0 aliphatic heterocycles. The second-order valence-electron chi connectivity index (χ2n) is 5.22. The maximum absolute atomic E-state index is 9.90. The molecular weight excluding hydrogens is 212 g/mol. The quantitative estimate of drug-likeness (QED) is 0.772. The van der Waals surface area contributed by atoms with Gasteiger partial charge in [-0.25, -0.2) is 0 Å². The standard InChI is InChI=1S/C14H24N2O/c1-5-16(10-14(3,4)17)11(2)12-6-8-13(15)9-7-12/h6-9,11,17H,5,10,15H2,1-4H3. The van der Waals surface area contributed by atoms with E-state index in [4.69, 9.17) is 5.73 Å². The molecular formula is C14H24N2O. The van der Waals surface area contributed by atoms with Crippen LogP contribution in [0.1, 0.15) is 39.3 Å². The fourth-order valence-corrected chi connectivity index (χ4v) is 2.00. The Labute approximate surface area is 104 Å². The highest BCUT2D eigenvalue weighted by Gasteiger charge is 2.21. The second kappa shape index (κ2) is 5.52. The fourth-order valence-electron chi connectivity index (χ4n) is 2.00. The number of anilines is 1. The van der Waals surface area contributed by atoms with Crippen LogP contribution in [-0.2, 0) is 0 Å². The van der Waals surface area contributed by atoms with Crippen LogP contribution in [0.15, 0.2) is 24.3 Å². The SMILES string of the molecule is CCN(CC(C)(C)O)C(C)c1ccc(N)cc1. The number of aliphatic hydroxyl groups is 1. The van der Waals surface area contributed by atoms with Gasteiger partial charge < -0.3 is 10.8 Å². The molecule has 0 amide bonds. The molecule has 96 valence electrons. The molecule has 0 spiro atoms. The lowest BCUT2D eigenvalue weighted by Crippen LogP contribution is -2.39. The van der Waals surface area contributed by atoms with Crippen LogP contribution in [0.25, 0.3) is 0 Å². The Morgan fingerprint density at radius 3 is 2.24 bits per heavy atom. The summed E-state index contributed by atoms with van der Waals surface area (Å²) in [4.78, 5) is 2.26. The molecule has 1 unspecified atom stereocenters. The van der Waals surface area contributed by atoms with E-state index in [9.17, 15) is 5.11 Å². The highest BCUT2D eigenvalue weighted by molar-refractivity contribution is 5.40. The Hall–Kier alpha value is -1.06. The monoisotopic (exact) mass is 236 g/mol. The second-order valence-corrected chi connectivity index (χ2v) is 5.22. The Morgan fingerprint density at radius 1 is 1.29 bits per heavy atom. The molecule has 1 rings (SSSR count). The first-order valence-corrected chi connectivity index (χ1v) is 6.15. The number of nitrogen functional groups attached to an aromatic ring is 1. The zero-order valence-corrected chi connectivity index (χ0v) is 11.3. The molecule has 0 aromatic heterocycles. The molecule has 3 N–H and O–H groups in total. The largest absolute Gasteiger partial charge is 0.399 e. The minimum Gasteiger partial charge on any atom is -0.399 e. The van der Waals surface area contributed by atoms with Crippen molar-refractivity contribution in [1.29, 1.82) is 0 Å². The third kappa shape index (κ3) is 4.36. The maximum atomic E-state index is 9.90. The molecule has 1 atom stereocenters. The summed E-state index contributed by atoms with van der Waals surface area (Å²) in [6.07, 6.45) is 0. The fraction of sp³-hybridized carbons (Fsp3) is 0.571. The van der Waals surface area contributed by atoms with E-state index in [1.165, 1.54) is 5.56 Å². The molecule has 1 aromatic carbocycles. The van der Waals surface area contributed by atoms with Gasteiger partial charge in [0, 0.05) is 18.3 Å². The van der Waals surface area contributed by atoms with E-state index < -0.39 is 5.60 Å². The number of likely N-dealkylation sites (N-methyl/N-ethyl adjacent to an activating group) is 1. The van der Waals surface area contributed by atoms with Crippen molar-refractivity contribution in [3.05, 3.63) is 29.8 Å². The van der Waals surface area contributed by atoms with Crippen molar-refractivity contribution in [3.63, 3.8) is 0 Å². The first kappa shape index (κ1) is 14.0. The minimum absolute atomic E-state index is 0.284. The molecule has 0 heterocycles. The molecule has 0 bridgehead atoms. The van der Waals surface area contributed by atoms with Crippen molar-refractivity contribution in [2.24, 2.45) is 0 Å². The molecule has 0 aliphatic carbocycles. The van der Waals surface area contributed by atoms with Gasteiger partial charge in [-0.1, -0.05) is 19.1 Å². The topological polar surface area (TPSA) is 49.5 Å². The van der Waals surface area contributed by atoms with E-state index in [1.54, 1.807) is 0 Å². The average molecular weight is 236 g/mol. The summed E-state index contributed by atoms with van der Waals surface area (Å²) in [6.45, 7) is 9.52. The molecule has 3 nitrogen and oxygen atoms in total. The Balaban J connectivity index is 2.78. The lowest BCUT2D eigenvalue weighted by atomic mass is 10.0. The van der Waals surface area contributed by atoms with Crippen LogP contribution in [-0.4, -0.2) is 28.7 Å². The van der Waals surface area contributed by atoms with Crippen LogP contribution in [0.5, 0.6) is 0 Å². The molecule has 0 aliphatic rings. The number of hydrogen-bond acceptors (Lipinski definition) is 3. The van der Waals surface area contributed by atoms with Gasteiger partial charge in [0.2, 0.25) is 0 Å². The molecule has 1 aromatic rings. The zero-order valence-electron chi connectivity index (χ0n) is 11.3. The average Bonchev–Trinajstić information content (AvgIpc) is 2.25. The third-order valence-electron chi connectivity index (χ3n) is 2.96. The van der Waals surface area contributed by atoms with Crippen LogP contribution in [0.4, 0.5) is 5.69 Å². The summed E-state index contributed by atoms with van der Waals surface area (Å²) >= 11 is 0. The summed E-state index contributed by atoms with van der Waals surface area (Å²) < 4.78 is 0.